The molecule has 0 saturated carbocycles. The molecule has 0 aliphatic rings. The number of aryl methyl sites for hydroxylation is 1. The molecule has 0 aromatic carbocycles. The molecule has 14 heavy (non-hydrogen) atoms. The van der Waals surface area contributed by atoms with Gasteiger partial charge in [0.15, 0.2) is 6.20 Å². The topological polar surface area (TPSA) is 3.88 Å². The van der Waals surface area contributed by atoms with Gasteiger partial charge in [-0.3, -0.25) is 0 Å². The molecule has 0 N–H and O–H groups in total. The second-order valence-electron chi connectivity index (χ2n) is 3.09. The van der Waals surface area contributed by atoms with E-state index in [1.165, 1.54) is 10.6 Å². The van der Waals surface area contributed by atoms with Crippen LogP contribution in [-0.2, 0) is 7.05 Å². The van der Waals surface area contributed by atoms with Crippen LogP contribution in [-0.4, -0.2) is 0 Å². The molecule has 0 bridgehead atoms. The highest BCUT2D eigenvalue weighted by Gasteiger charge is 1.98. The zero-order chi connectivity index (χ0) is 9.80. The van der Waals surface area contributed by atoms with Crippen LogP contribution >= 0.6 is 11.3 Å². The monoisotopic (exact) mass is 202 g/mol. The van der Waals surface area contributed by atoms with Crippen molar-refractivity contribution in [1.29, 1.82) is 0 Å². The van der Waals surface area contributed by atoms with E-state index in [0.29, 0.717) is 0 Å². The number of pyridine rings is 1. The van der Waals surface area contributed by atoms with Gasteiger partial charge in [-0.15, -0.1) is 11.3 Å². The molecule has 0 aliphatic carbocycles. The zero-order valence-electron chi connectivity index (χ0n) is 8.05. The first kappa shape index (κ1) is 9.16. The smallest absolute Gasteiger partial charge is 0.202 e. The Morgan fingerprint density at radius 1 is 1.14 bits per heavy atom. The number of aromatic nitrogens is 1. The number of hydrogen-bond donors (Lipinski definition) is 0. The highest BCUT2D eigenvalue weighted by molar-refractivity contribution is 7.10. The lowest BCUT2D eigenvalue weighted by atomic mass is 10.3. The lowest BCUT2D eigenvalue weighted by Crippen LogP contribution is -2.30. The van der Waals surface area contributed by atoms with E-state index in [-0.39, 0.29) is 0 Å². The summed E-state index contributed by atoms with van der Waals surface area (Å²) in [5.74, 6) is 0. The van der Waals surface area contributed by atoms with E-state index in [0.717, 1.165) is 0 Å². The van der Waals surface area contributed by atoms with Gasteiger partial charge in [-0.05, 0) is 23.6 Å². The Bertz CT molecular complexity index is 429. The Morgan fingerprint density at radius 3 is 2.79 bits per heavy atom. The maximum absolute atomic E-state index is 2.14. The lowest BCUT2D eigenvalue weighted by molar-refractivity contribution is -0.673. The minimum absolute atomic E-state index is 1.21. The molecule has 0 atom stereocenters. The fourth-order valence-corrected chi connectivity index (χ4v) is 1.88. The molecule has 0 spiro atoms. The van der Waals surface area contributed by atoms with Crippen molar-refractivity contribution in [2.45, 2.75) is 0 Å². The van der Waals surface area contributed by atoms with Crippen molar-refractivity contribution >= 4 is 23.5 Å². The predicted octanol–water partition coefficient (Wildman–Crippen LogP) is 2.74. The molecular formula is C12H12NS+. The van der Waals surface area contributed by atoms with Crippen molar-refractivity contribution in [3.8, 4) is 0 Å². The third-order valence-corrected chi connectivity index (χ3v) is 2.89. The molecule has 0 radical (unpaired) electrons. The van der Waals surface area contributed by atoms with Crippen LogP contribution in [0.3, 0.4) is 0 Å². The molecule has 0 amide bonds. The summed E-state index contributed by atoms with van der Waals surface area (Å²) in [6.45, 7) is 0. The normalized spacial score (nSPS) is 10.9. The van der Waals surface area contributed by atoms with E-state index >= 15 is 0 Å². The van der Waals surface area contributed by atoms with Crippen molar-refractivity contribution in [3.63, 3.8) is 0 Å². The maximum Gasteiger partial charge on any atom is 0.204 e. The van der Waals surface area contributed by atoms with Crippen molar-refractivity contribution in [1.82, 2.24) is 0 Å². The van der Waals surface area contributed by atoms with Gasteiger partial charge in [-0.25, -0.2) is 4.57 Å². The Morgan fingerprint density at radius 2 is 2.07 bits per heavy atom. The molecule has 2 heterocycles. The molecule has 2 aromatic heterocycles. The van der Waals surface area contributed by atoms with Crippen LogP contribution < -0.4 is 4.57 Å². The third-order valence-electron chi connectivity index (χ3n) is 2.06. The standard InChI is InChI=1S/C12H12NS/c1-13-9-3-2-5-11(13)7-8-12-6-4-10-14-12/h2-10H,1H3/q+1/b8-7+. The highest BCUT2D eigenvalue weighted by Crippen LogP contribution is 2.11. The highest BCUT2D eigenvalue weighted by atomic mass is 32.1. The molecule has 70 valence electrons. The Hall–Kier alpha value is -1.41. The summed E-state index contributed by atoms with van der Waals surface area (Å²) in [5.41, 5.74) is 1.21. The van der Waals surface area contributed by atoms with Crippen molar-refractivity contribution in [3.05, 3.63) is 52.5 Å². The second-order valence-corrected chi connectivity index (χ2v) is 4.06. The van der Waals surface area contributed by atoms with Gasteiger partial charge in [-0.1, -0.05) is 6.07 Å². The van der Waals surface area contributed by atoms with Crippen LogP contribution in [0, 0.1) is 0 Å². The van der Waals surface area contributed by atoms with Gasteiger partial charge in [0.25, 0.3) is 0 Å². The van der Waals surface area contributed by atoms with Crippen LogP contribution in [0.25, 0.3) is 12.2 Å². The van der Waals surface area contributed by atoms with Crippen LogP contribution in [0.15, 0.2) is 41.9 Å². The SMILES string of the molecule is C[n+]1ccccc1/C=C/c1cccs1. The number of thiophene rings is 1. The summed E-state index contributed by atoms with van der Waals surface area (Å²) in [4.78, 5) is 1.29. The average Bonchev–Trinajstić information content (AvgIpc) is 2.69. The zero-order valence-corrected chi connectivity index (χ0v) is 8.87. The van der Waals surface area contributed by atoms with E-state index in [4.69, 9.17) is 0 Å². The van der Waals surface area contributed by atoms with Crippen molar-refractivity contribution in [2.75, 3.05) is 0 Å². The van der Waals surface area contributed by atoms with Gasteiger partial charge >= 0.3 is 0 Å². The fourth-order valence-electron chi connectivity index (χ4n) is 1.26. The Kier molecular flexibility index (Phi) is 2.75. The lowest BCUT2D eigenvalue weighted by Gasteiger charge is -1.91. The largest absolute Gasteiger partial charge is 0.204 e. The minimum Gasteiger partial charge on any atom is -0.202 e. The summed E-state index contributed by atoms with van der Waals surface area (Å²) in [6, 6.07) is 10.4. The molecular weight excluding hydrogens is 190 g/mol. The van der Waals surface area contributed by atoms with Crippen molar-refractivity contribution in [2.24, 2.45) is 7.05 Å². The number of nitrogens with zero attached hydrogens (tertiary/aromatic N) is 1. The first-order valence-corrected chi connectivity index (χ1v) is 5.40. The summed E-state index contributed by atoms with van der Waals surface area (Å²) in [7, 11) is 2.05. The van der Waals surface area contributed by atoms with Crippen molar-refractivity contribution < 1.29 is 4.57 Å². The molecule has 2 heteroatoms. The van der Waals surface area contributed by atoms with E-state index in [1.54, 1.807) is 11.3 Å². The summed E-state index contributed by atoms with van der Waals surface area (Å²) < 4.78 is 2.10. The van der Waals surface area contributed by atoms with E-state index in [2.05, 4.69) is 40.3 Å². The van der Waals surface area contributed by atoms with Gasteiger partial charge in [0.2, 0.25) is 5.69 Å². The second kappa shape index (κ2) is 4.20. The van der Waals surface area contributed by atoms with E-state index in [1.807, 2.05) is 25.4 Å². The molecule has 2 rings (SSSR count). The first-order valence-electron chi connectivity index (χ1n) is 4.52. The van der Waals surface area contributed by atoms with Gasteiger partial charge in [0.05, 0.1) is 0 Å². The van der Waals surface area contributed by atoms with E-state index in [9.17, 15) is 0 Å². The van der Waals surface area contributed by atoms with E-state index < -0.39 is 0 Å². The molecule has 0 unspecified atom stereocenters. The third kappa shape index (κ3) is 2.09. The molecule has 2 aromatic rings. The van der Waals surface area contributed by atoms with Crippen LogP contribution in [0.5, 0.6) is 0 Å². The predicted molar refractivity (Wildman–Crippen MR) is 60.9 cm³/mol. The Labute approximate surface area is 88.0 Å². The summed E-state index contributed by atoms with van der Waals surface area (Å²) in [6.07, 6.45) is 6.32. The number of rotatable bonds is 2. The quantitative estimate of drug-likeness (QED) is 0.659. The van der Waals surface area contributed by atoms with Crippen LogP contribution in [0.1, 0.15) is 10.6 Å². The molecule has 1 nitrogen and oxygen atoms in total. The van der Waals surface area contributed by atoms with Gasteiger partial charge in [0, 0.05) is 23.1 Å². The number of hydrogen-bond acceptors (Lipinski definition) is 1. The van der Waals surface area contributed by atoms with Gasteiger partial charge in [0.1, 0.15) is 7.05 Å². The Balaban J connectivity index is 2.23. The van der Waals surface area contributed by atoms with Crippen LogP contribution in [0.4, 0.5) is 0 Å². The summed E-state index contributed by atoms with van der Waals surface area (Å²) in [5, 5.41) is 2.09. The average molecular weight is 202 g/mol. The maximum atomic E-state index is 2.14. The minimum atomic E-state index is 1.21. The fraction of sp³-hybridized carbons (Fsp3) is 0.0833. The summed E-state index contributed by atoms with van der Waals surface area (Å²) >= 11 is 1.75. The van der Waals surface area contributed by atoms with Gasteiger partial charge in [-0.2, -0.15) is 0 Å². The first-order chi connectivity index (χ1) is 6.86. The van der Waals surface area contributed by atoms with Crippen LogP contribution in [0.2, 0.25) is 0 Å². The molecule has 0 saturated heterocycles. The molecule has 0 aliphatic heterocycles. The van der Waals surface area contributed by atoms with Gasteiger partial charge < -0.3 is 0 Å². The molecule has 0 fully saturated rings.